The monoisotopic (exact) mass is 225 g/mol. The first-order valence-electron chi connectivity index (χ1n) is 5.81. The predicted molar refractivity (Wildman–Crippen MR) is 71.1 cm³/mol. The first-order valence-corrected chi connectivity index (χ1v) is 5.81. The van der Waals surface area contributed by atoms with Crippen molar-refractivity contribution < 1.29 is 4.57 Å². The van der Waals surface area contributed by atoms with Crippen molar-refractivity contribution in [3.63, 3.8) is 0 Å². The van der Waals surface area contributed by atoms with Crippen molar-refractivity contribution in [2.75, 3.05) is 6.54 Å². The van der Waals surface area contributed by atoms with Gasteiger partial charge in [0.2, 0.25) is 0 Å². The molecule has 0 amide bonds. The van der Waals surface area contributed by atoms with E-state index in [-0.39, 0.29) is 0 Å². The van der Waals surface area contributed by atoms with E-state index in [4.69, 9.17) is 5.73 Å². The third kappa shape index (κ3) is 3.54. The Kier molecular flexibility index (Phi) is 4.05. The molecule has 0 spiro atoms. The maximum absolute atomic E-state index is 5.50. The summed E-state index contributed by atoms with van der Waals surface area (Å²) in [4.78, 5) is 0. The molecule has 0 saturated carbocycles. The summed E-state index contributed by atoms with van der Waals surface area (Å²) >= 11 is 0. The fraction of sp³-hybridized carbons (Fsp3) is 0.133. The number of rotatable bonds is 4. The van der Waals surface area contributed by atoms with Gasteiger partial charge in [0.25, 0.3) is 0 Å². The summed E-state index contributed by atoms with van der Waals surface area (Å²) in [5.74, 6) is 0. The Hall–Kier alpha value is -1.93. The third-order valence-electron chi connectivity index (χ3n) is 2.57. The number of nitrogens with zero attached hydrogens (tertiary/aromatic N) is 1. The van der Waals surface area contributed by atoms with Crippen LogP contribution >= 0.6 is 0 Å². The molecule has 0 fully saturated rings. The van der Waals surface area contributed by atoms with E-state index in [2.05, 4.69) is 53.4 Å². The van der Waals surface area contributed by atoms with Crippen molar-refractivity contribution in [1.29, 1.82) is 0 Å². The number of hydrogen-bond donors (Lipinski definition) is 1. The van der Waals surface area contributed by atoms with Crippen molar-refractivity contribution in [3.05, 3.63) is 66.0 Å². The molecule has 0 aliphatic rings. The summed E-state index contributed by atoms with van der Waals surface area (Å²) < 4.78 is 2.08. The zero-order valence-corrected chi connectivity index (χ0v) is 9.79. The van der Waals surface area contributed by atoms with Crippen molar-refractivity contribution in [1.82, 2.24) is 0 Å². The number of nitrogens with two attached hydrogens (primary N) is 1. The average molecular weight is 225 g/mol. The lowest BCUT2D eigenvalue weighted by atomic mass is 10.1. The largest absolute Gasteiger partial charge is 0.325 e. The number of benzene rings is 1. The van der Waals surface area contributed by atoms with Crippen LogP contribution in [0.4, 0.5) is 0 Å². The molecular weight excluding hydrogens is 208 g/mol. The van der Waals surface area contributed by atoms with E-state index >= 15 is 0 Å². The molecular formula is C15H17N2+. The number of aromatic nitrogens is 1. The van der Waals surface area contributed by atoms with Gasteiger partial charge in [-0.25, -0.2) is 4.57 Å². The Morgan fingerprint density at radius 3 is 2.06 bits per heavy atom. The molecule has 86 valence electrons. The molecule has 2 heteroatoms. The van der Waals surface area contributed by atoms with Crippen molar-refractivity contribution in [2.45, 2.75) is 6.54 Å². The van der Waals surface area contributed by atoms with E-state index in [1.807, 2.05) is 18.2 Å². The molecule has 2 nitrogen and oxygen atoms in total. The highest BCUT2D eigenvalue weighted by atomic mass is 14.9. The van der Waals surface area contributed by atoms with Crippen molar-refractivity contribution >= 4 is 12.2 Å². The van der Waals surface area contributed by atoms with Gasteiger partial charge in [0.15, 0.2) is 18.9 Å². The highest BCUT2D eigenvalue weighted by Crippen LogP contribution is 2.06. The van der Waals surface area contributed by atoms with Crippen LogP contribution in [-0.4, -0.2) is 6.54 Å². The molecule has 0 radical (unpaired) electrons. The fourth-order valence-electron chi connectivity index (χ4n) is 1.63. The van der Waals surface area contributed by atoms with Crippen LogP contribution in [0, 0.1) is 0 Å². The van der Waals surface area contributed by atoms with E-state index in [0.29, 0.717) is 6.54 Å². The zero-order valence-electron chi connectivity index (χ0n) is 9.79. The highest BCUT2D eigenvalue weighted by Gasteiger charge is 1.96. The van der Waals surface area contributed by atoms with Gasteiger partial charge in [-0.2, -0.15) is 0 Å². The zero-order chi connectivity index (χ0) is 11.9. The van der Waals surface area contributed by atoms with Crippen LogP contribution in [0.25, 0.3) is 12.2 Å². The number of hydrogen-bond acceptors (Lipinski definition) is 1. The molecule has 0 aliphatic heterocycles. The molecule has 1 heterocycles. The molecule has 0 atom stereocenters. The van der Waals surface area contributed by atoms with Crippen molar-refractivity contribution in [3.8, 4) is 0 Å². The minimum absolute atomic E-state index is 0.671. The summed E-state index contributed by atoms with van der Waals surface area (Å²) in [6.45, 7) is 1.53. The topological polar surface area (TPSA) is 29.9 Å². The maximum atomic E-state index is 5.50. The van der Waals surface area contributed by atoms with Gasteiger partial charge in [-0.1, -0.05) is 42.5 Å². The summed E-state index contributed by atoms with van der Waals surface area (Å²) in [6, 6.07) is 14.5. The van der Waals surface area contributed by atoms with Crippen LogP contribution in [0.15, 0.2) is 54.9 Å². The molecule has 0 saturated heterocycles. The molecule has 2 rings (SSSR count). The van der Waals surface area contributed by atoms with E-state index < -0.39 is 0 Å². The van der Waals surface area contributed by atoms with Gasteiger partial charge in [-0.15, -0.1) is 0 Å². The fourth-order valence-corrected chi connectivity index (χ4v) is 1.63. The Morgan fingerprint density at radius 2 is 1.47 bits per heavy atom. The van der Waals surface area contributed by atoms with Crippen LogP contribution in [0.2, 0.25) is 0 Å². The standard InChI is InChI=1S/C15H17N2/c16-10-13-17-11-8-15(9-12-17)7-6-14-4-2-1-3-5-14/h1-9,11-12H,10,13,16H2/q+1/b7-6+. The Labute approximate surface area is 102 Å². The quantitative estimate of drug-likeness (QED) is 0.793. The molecule has 0 unspecified atom stereocenters. The smallest absolute Gasteiger partial charge is 0.169 e. The van der Waals surface area contributed by atoms with Crippen molar-refractivity contribution in [2.24, 2.45) is 5.73 Å². The second-order valence-electron chi connectivity index (χ2n) is 3.90. The summed E-state index contributed by atoms with van der Waals surface area (Å²) in [5, 5.41) is 0. The minimum atomic E-state index is 0.671. The van der Waals surface area contributed by atoms with Crippen LogP contribution in [0.5, 0.6) is 0 Å². The Morgan fingerprint density at radius 1 is 0.882 bits per heavy atom. The van der Waals surface area contributed by atoms with E-state index in [1.54, 1.807) is 0 Å². The lowest BCUT2D eigenvalue weighted by Crippen LogP contribution is -2.36. The average Bonchev–Trinajstić information content (AvgIpc) is 2.40. The molecule has 0 bridgehead atoms. The van der Waals surface area contributed by atoms with E-state index in [9.17, 15) is 0 Å². The molecule has 1 aromatic heterocycles. The molecule has 17 heavy (non-hydrogen) atoms. The Bertz CT molecular complexity index is 472. The van der Waals surface area contributed by atoms with E-state index in [1.165, 1.54) is 11.1 Å². The summed E-state index contributed by atoms with van der Waals surface area (Å²) in [5.41, 5.74) is 7.91. The second kappa shape index (κ2) is 5.97. The first kappa shape index (κ1) is 11.6. The van der Waals surface area contributed by atoms with E-state index in [0.717, 1.165) is 6.54 Å². The van der Waals surface area contributed by atoms with Gasteiger partial charge in [-0.3, -0.25) is 0 Å². The lowest BCUT2D eigenvalue weighted by molar-refractivity contribution is -0.694. The van der Waals surface area contributed by atoms with Crippen LogP contribution in [0.3, 0.4) is 0 Å². The van der Waals surface area contributed by atoms with Crippen LogP contribution < -0.4 is 10.3 Å². The normalized spacial score (nSPS) is 10.9. The lowest BCUT2D eigenvalue weighted by Gasteiger charge is -1.95. The Balaban J connectivity index is 2.06. The first-order chi connectivity index (χ1) is 8.38. The van der Waals surface area contributed by atoms with Crippen LogP contribution in [-0.2, 0) is 6.54 Å². The second-order valence-corrected chi connectivity index (χ2v) is 3.90. The molecule has 2 aromatic rings. The third-order valence-corrected chi connectivity index (χ3v) is 2.57. The van der Waals surface area contributed by atoms with Gasteiger partial charge < -0.3 is 5.73 Å². The SMILES string of the molecule is NCC[n+]1ccc(/C=C/c2ccccc2)cc1. The minimum Gasteiger partial charge on any atom is -0.325 e. The van der Waals surface area contributed by atoms with Gasteiger partial charge in [0.05, 0.1) is 6.54 Å². The van der Waals surface area contributed by atoms with Gasteiger partial charge in [0.1, 0.15) is 0 Å². The van der Waals surface area contributed by atoms with Gasteiger partial charge in [-0.05, 0) is 11.1 Å². The molecule has 1 aromatic carbocycles. The van der Waals surface area contributed by atoms with Gasteiger partial charge in [0, 0.05) is 12.1 Å². The summed E-state index contributed by atoms with van der Waals surface area (Å²) in [7, 11) is 0. The highest BCUT2D eigenvalue weighted by molar-refractivity contribution is 5.68. The maximum Gasteiger partial charge on any atom is 0.169 e. The van der Waals surface area contributed by atoms with Gasteiger partial charge >= 0.3 is 0 Å². The predicted octanol–water partition coefficient (Wildman–Crippen LogP) is 2.10. The molecule has 0 aliphatic carbocycles. The molecule has 2 N–H and O–H groups in total. The number of pyridine rings is 1. The summed E-state index contributed by atoms with van der Waals surface area (Å²) in [6.07, 6.45) is 8.33. The van der Waals surface area contributed by atoms with Crippen LogP contribution in [0.1, 0.15) is 11.1 Å².